The molecule has 0 saturated carbocycles. The van der Waals surface area contributed by atoms with E-state index in [-0.39, 0.29) is 5.91 Å². The summed E-state index contributed by atoms with van der Waals surface area (Å²) in [5, 5.41) is 0. The highest BCUT2D eigenvalue weighted by atomic mass is 32.2. The molecule has 132 valence electrons. The Morgan fingerprint density at radius 1 is 0.833 bits per heavy atom. The smallest absolute Gasteiger partial charge is 0.243 e. The third-order valence-corrected chi connectivity index (χ3v) is 6.85. The van der Waals surface area contributed by atoms with Crippen LogP contribution in [-0.4, -0.2) is 49.7 Å². The van der Waals surface area contributed by atoms with Crippen molar-refractivity contribution < 1.29 is 13.2 Å². The van der Waals surface area contributed by atoms with Crippen LogP contribution in [0.5, 0.6) is 0 Å². The minimum Gasteiger partial charge on any atom is -0.342 e. The highest BCUT2D eigenvalue weighted by Gasteiger charge is 2.25. The summed E-state index contributed by atoms with van der Waals surface area (Å²) in [5.74, 6) is 0.140. The van der Waals surface area contributed by atoms with Crippen molar-refractivity contribution in [1.29, 1.82) is 0 Å². The normalized spacial score (nSPS) is 20.1. The molecule has 0 unspecified atom stereocenters. The van der Waals surface area contributed by atoms with E-state index < -0.39 is 10.0 Å². The average molecular weight is 350 g/mol. The summed E-state index contributed by atoms with van der Waals surface area (Å²) in [7, 11) is -3.39. The summed E-state index contributed by atoms with van der Waals surface area (Å²) in [6.45, 7) is 2.91. The number of benzene rings is 1. The van der Waals surface area contributed by atoms with E-state index in [2.05, 4.69) is 0 Å². The molecule has 2 saturated heterocycles. The summed E-state index contributed by atoms with van der Waals surface area (Å²) >= 11 is 0. The molecule has 6 heteroatoms. The zero-order valence-corrected chi connectivity index (χ0v) is 14.9. The maximum absolute atomic E-state index is 12.6. The minimum absolute atomic E-state index is 0.140. The lowest BCUT2D eigenvalue weighted by Gasteiger charge is -2.27. The van der Waals surface area contributed by atoms with E-state index in [9.17, 15) is 13.2 Å². The van der Waals surface area contributed by atoms with E-state index in [0.29, 0.717) is 24.4 Å². The molecule has 24 heavy (non-hydrogen) atoms. The van der Waals surface area contributed by atoms with Gasteiger partial charge in [0.2, 0.25) is 15.9 Å². The summed E-state index contributed by atoms with van der Waals surface area (Å²) in [6, 6.07) is 6.84. The molecular formula is C18H26N2O3S. The Bertz CT molecular complexity index is 658. The number of hydrogen-bond donors (Lipinski definition) is 0. The predicted molar refractivity (Wildman–Crippen MR) is 93.2 cm³/mol. The molecule has 0 N–H and O–H groups in total. The first-order valence-electron chi connectivity index (χ1n) is 8.94. The molecule has 0 radical (unpaired) electrons. The van der Waals surface area contributed by atoms with Crippen LogP contribution in [0.15, 0.2) is 29.2 Å². The van der Waals surface area contributed by atoms with Gasteiger partial charge in [0.15, 0.2) is 0 Å². The molecule has 1 aromatic rings. The minimum atomic E-state index is -3.39. The van der Waals surface area contributed by atoms with Crippen molar-refractivity contribution in [2.24, 2.45) is 0 Å². The van der Waals surface area contributed by atoms with Crippen molar-refractivity contribution >= 4 is 15.9 Å². The summed E-state index contributed by atoms with van der Waals surface area (Å²) < 4.78 is 26.8. The van der Waals surface area contributed by atoms with E-state index in [1.807, 2.05) is 4.90 Å². The first-order valence-corrected chi connectivity index (χ1v) is 10.4. The molecule has 2 fully saturated rings. The summed E-state index contributed by atoms with van der Waals surface area (Å²) in [6.07, 6.45) is 6.68. The van der Waals surface area contributed by atoms with Gasteiger partial charge in [0.25, 0.3) is 0 Å². The largest absolute Gasteiger partial charge is 0.342 e. The second kappa shape index (κ2) is 7.66. The van der Waals surface area contributed by atoms with Crippen LogP contribution >= 0.6 is 0 Å². The fraction of sp³-hybridized carbons (Fsp3) is 0.611. The van der Waals surface area contributed by atoms with Crippen LogP contribution in [0.4, 0.5) is 0 Å². The van der Waals surface area contributed by atoms with Gasteiger partial charge < -0.3 is 4.90 Å². The molecule has 1 amide bonds. The molecule has 2 heterocycles. The Kier molecular flexibility index (Phi) is 5.56. The van der Waals surface area contributed by atoms with Crippen molar-refractivity contribution in [3.63, 3.8) is 0 Å². The number of carbonyl (C=O) groups is 1. The van der Waals surface area contributed by atoms with Crippen LogP contribution in [0.3, 0.4) is 0 Å². The van der Waals surface area contributed by atoms with Gasteiger partial charge >= 0.3 is 0 Å². The molecule has 3 rings (SSSR count). The van der Waals surface area contributed by atoms with E-state index in [1.54, 1.807) is 28.6 Å². The molecule has 0 aliphatic carbocycles. The summed E-state index contributed by atoms with van der Waals surface area (Å²) in [5.41, 5.74) is 0.878. The lowest BCUT2D eigenvalue weighted by Crippen LogP contribution is -2.36. The molecule has 2 aliphatic heterocycles. The number of piperidine rings is 2. The van der Waals surface area contributed by atoms with Crippen molar-refractivity contribution in [3.05, 3.63) is 29.8 Å². The topological polar surface area (TPSA) is 57.7 Å². The zero-order chi connectivity index (χ0) is 17.0. The maximum atomic E-state index is 12.6. The molecule has 1 aromatic carbocycles. The number of carbonyl (C=O) groups excluding carboxylic acids is 1. The van der Waals surface area contributed by atoms with Gasteiger partial charge in [-0.3, -0.25) is 4.79 Å². The van der Waals surface area contributed by atoms with Gasteiger partial charge in [0, 0.05) is 26.2 Å². The number of likely N-dealkylation sites (tertiary alicyclic amines) is 1. The maximum Gasteiger partial charge on any atom is 0.243 e. The second-order valence-corrected chi connectivity index (χ2v) is 8.66. The van der Waals surface area contributed by atoms with Gasteiger partial charge in [-0.05, 0) is 49.8 Å². The first-order chi connectivity index (χ1) is 11.6. The molecule has 5 nitrogen and oxygen atoms in total. The SMILES string of the molecule is O=C(Cc1ccc(S(=O)(=O)N2CCCCC2)cc1)N1CCCCC1. The lowest BCUT2D eigenvalue weighted by atomic mass is 10.1. The van der Waals surface area contributed by atoms with E-state index >= 15 is 0 Å². The first kappa shape index (κ1) is 17.4. The second-order valence-electron chi connectivity index (χ2n) is 6.73. The van der Waals surface area contributed by atoms with Crippen molar-refractivity contribution in [2.75, 3.05) is 26.2 Å². The zero-order valence-electron chi connectivity index (χ0n) is 14.1. The van der Waals surface area contributed by atoms with Crippen LogP contribution in [0.2, 0.25) is 0 Å². The number of hydrogen-bond acceptors (Lipinski definition) is 3. The molecule has 0 spiro atoms. The van der Waals surface area contributed by atoms with Crippen LogP contribution in [0.25, 0.3) is 0 Å². The standard InChI is InChI=1S/C18H26N2O3S/c21-18(19-11-3-1-4-12-19)15-16-7-9-17(10-8-16)24(22,23)20-13-5-2-6-14-20/h7-10H,1-6,11-15H2. The third kappa shape index (κ3) is 3.98. The molecular weight excluding hydrogens is 324 g/mol. The number of sulfonamides is 1. The highest BCUT2D eigenvalue weighted by molar-refractivity contribution is 7.89. The Labute approximate surface area is 144 Å². The van der Waals surface area contributed by atoms with Crippen LogP contribution < -0.4 is 0 Å². The quantitative estimate of drug-likeness (QED) is 0.838. The lowest BCUT2D eigenvalue weighted by molar-refractivity contribution is -0.131. The Hall–Kier alpha value is -1.40. The fourth-order valence-corrected chi connectivity index (χ4v) is 4.98. The third-order valence-electron chi connectivity index (χ3n) is 4.94. The van der Waals surface area contributed by atoms with Gasteiger partial charge in [0.1, 0.15) is 0 Å². The Morgan fingerprint density at radius 3 is 1.96 bits per heavy atom. The molecule has 2 aliphatic rings. The molecule has 0 atom stereocenters. The van der Waals surface area contributed by atoms with E-state index in [4.69, 9.17) is 0 Å². The van der Waals surface area contributed by atoms with Gasteiger partial charge in [0.05, 0.1) is 11.3 Å². The Morgan fingerprint density at radius 2 is 1.38 bits per heavy atom. The van der Waals surface area contributed by atoms with Gasteiger partial charge in [-0.15, -0.1) is 0 Å². The highest BCUT2D eigenvalue weighted by Crippen LogP contribution is 2.21. The van der Waals surface area contributed by atoms with Crippen LogP contribution in [0, 0.1) is 0 Å². The van der Waals surface area contributed by atoms with E-state index in [1.165, 1.54) is 6.42 Å². The number of rotatable bonds is 4. The van der Waals surface area contributed by atoms with Crippen molar-refractivity contribution in [2.45, 2.75) is 49.8 Å². The Balaban J connectivity index is 1.65. The monoisotopic (exact) mass is 350 g/mol. The van der Waals surface area contributed by atoms with Crippen molar-refractivity contribution in [1.82, 2.24) is 9.21 Å². The fourth-order valence-electron chi connectivity index (χ4n) is 3.46. The summed E-state index contributed by atoms with van der Waals surface area (Å²) in [4.78, 5) is 14.5. The van der Waals surface area contributed by atoms with Crippen LogP contribution in [-0.2, 0) is 21.2 Å². The molecule has 0 aromatic heterocycles. The average Bonchev–Trinajstić information content (AvgIpc) is 2.63. The predicted octanol–water partition coefficient (Wildman–Crippen LogP) is 2.42. The van der Waals surface area contributed by atoms with Crippen LogP contribution in [0.1, 0.15) is 44.1 Å². The number of nitrogens with zero attached hydrogens (tertiary/aromatic N) is 2. The number of amides is 1. The van der Waals surface area contributed by atoms with E-state index in [0.717, 1.165) is 50.8 Å². The van der Waals surface area contributed by atoms with Gasteiger partial charge in [-0.25, -0.2) is 8.42 Å². The van der Waals surface area contributed by atoms with Gasteiger partial charge in [-0.2, -0.15) is 4.31 Å². The van der Waals surface area contributed by atoms with Gasteiger partial charge in [-0.1, -0.05) is 18.6 Å². The molecule has 0 bridgehead atoms. The van der Waals surface area contributed by atoms with Crippen molar-refractivity contribution in [3.8, 4) is 0 Å².